The van der Waals surface area contributed by atoms with Crippen LogP contribution in [0.3, 0.4) is 0 Å². The first-order valence-electron chi connectivity index (χ1n) is 10.0. The van der Waals surface area contributed by atoms with Crippen LogP contribution in [0.2, 0.25) is 0 Å². The van der Waals surface area contributed by atoms with Crippen molar-refractivity contribution in [3.8, 4) is 0 Å². The number of rotatable bonds is 0. The molecular weight excluding hydrogens is 368 g/mol. The van der Waals surface area contributed by atoms with Crippen LogP contribution < -0.4 is 10.4 Å². The molecule has 0 unspecified atom stereocenters. The zero-order chi connectivity index (χ0) is 20.5. The van der Waals surface area contributed by atoms with Gasteiger partial charge < -0.3 is 0 Å². The molecule has 2 nitrogen and oxygen atoms in total. The Labute approximate surface area is 175 Å². The third-order valence-corrected chi connectivity index (χ3v) is 5.69. The molecule has 0 fully saturated rings. The summed E-state index contributed by atoms with van der Waals surface area (Å²) in [6, 6.07) is 17.3. The topological polar surface area (TPSA) is 22.6 Å². The van der Waals surface area contributed by atoms with Crippen LogP contribution in [0.1, 0.15) is 0 Å². The van der Waals surface area contributed by atoms with E-state index in [2.05, 4.69) is 72.8 Å². The molecule has 0 amide bonds. The van der Waals surface area contributed by atoms with Crippen molar-refractivity contribution < 1.29 is 8.85 Å². The molecule has 0 aromatic heterocycles. The van der Waals surface area contributed by atoms with Crippen LogP contribution in [0.15, 0.2) is 97.1 Å². The summed E-state index contributed by atoms with van der Waals surface area (Å²) in [5, 5.41) is 7.47. The summed E-state index contributed by atoms with van der Waals surface area (Å²) in [6.07, 6.45) is 16.7. The number of carbonyl (C=O) groups excluding carboxylic acids is 2. The van der Waals surface area contributed by atoms with Crippen LogP contribution in [-0.4, -0.2) is 25.8 Å². The predicted octanol–water partition coefficient (Wildman–Crippen LogP) is 4.02. The Kier molecular flexibility index (Phi) is 4.61. The molecule has 0 atom stereocenters. The van der Waals surface area contributed by atoms with Crippen LogP contribution in [-0.2, 0) is 8.85 Å². The molecule has 2 heteroatoms. The SMILES string of the molecule is C[O+]=C1C=CC(=c2c3ccccc3c(=C3C=CC(=[O+]C)C=C3)c3ccccc23)C=C1. The van der Waals surface area contributed by atoms with Gasteiger partial charge in [-0.1, -0.05) is 48.5 Å². The molecule has 0 saturated heterocycles. The average molecular weight is 390 g/mol. The Morgan fingerprint density at radius 2 is 0.733 bits per heavy atom. The lowest BCUT2D eigenvalue weighted by atomic mass is 9.91. The first kappa shape index (κ1) is 18.3. The molecule has 0 saturated carbocycles. The first-order chi connectivity index (χ1) is 14.8. The van der Waals surface area contributed by atoms with Gasteiger partial charge >= 0.3 is 11.6 Å². The standard InChI is InChI=1S/C28H22O2/c1-29-21-15-11-19(12-16-21)27-23-7-3-5-9-25(23)28(26-10-6-4-8-24(26)27)20-13-17-22(30-2)18-14-20/h3-18H,1-2H3/q+2. The van der Waals surface area contributed by atoms with Crippen molar-refractivity contribution in [1.82, 2.24) is 0 Å². The molecule has 0 radical (unpaired) electrons. The third-order valence-electron chi connectivity index (χ3n) is 5.69. The summed E-state index contributed by atoms with van der Waals surface area (Å²) >= 11 is 0. The molecule has 0 bridgehead atoms. The van der Waals surface area contributed by atoms with E-state index in [1.165, 1.54) is 43.1 Å². The third kappa shape index (κ3) is 2.98. The normalized spacial score (nSPS) is 15.5. The van der Waals surface area contributed by atoms with Crippen molar-refractivity contribution in [3.63, 3.8) is 0 Å². The molecule has 2 aliphatic rings. The van der Waals surface area contributed by atoms with Crippen LogP contribution in [0.5, 0.6) is 0 Å². The van der Waals surface area contributed by atoms with Gasteiger partial charge in [-0.3, -0.25) is 8.85 Å². The van der Waals surface area contributed by atoms with E-state index >= 15 is 0 Å². The highest BCUT2D eigenvalue weighted by Crippen LogP contribution is 2.19. The molecule has 0 heterocycles. The van der Waals surface area contributed by atoms with E-state index in [9.17, 15) is 0 Å². The lowest BCUT2D eigenvalue weighted by Gasteiger charge is -2.12. The van der Waals surface area contributed by atoms with Crippen molar-refractivity contribution >= 4 is 44.3 Å². The van der Waals surface area contributed by atoms with E-state index in [4.69, 9.17) is 8.85 Å². The lowest BCUT2D eigenvalue weighted by molar-refractivity contribution is -0.418. The highest BCUT2D eigenvalue weighted by atomic mass is 16.4. The Bertz CT molecular complexity index is 1280. The minimum Gasteiger partial charge on any atom is -0.258 e. The molecule has 3 aromatic rings. The Morgan fingerprint density at radius 3 is 1.00 bits per heavy atom. The smallest absolute Gasteiger partial charge is 0.258 e. The van der Waals surface area contributed by atoms with Gasteiger partial charge in [0, 0.05) is 24.3 Å². The Balaban J connectivity index is 2.01. The summed E-state index contributed by atoms with van der Waals surface area (Å²) in [7, 11) is 3.40. The summed E-state index contributed by atoms with van der Waals surface area (Å²) in [5.74, 6) is 1.73. The monoisotopic (exact) mass is 390 g/mol. The maximum atomic E-state index is 5.37. The van der Waals surface area contributed by atoms with Gasteiger partial charge in [0.1, 0.15) is 0 Å². The van der Waals surface area contributed by atoms with Gasteiger partial charge in [-0.25, -0.2) is 0 Å². The summed E-state index contributed by atoms with van der Waals surface area (Å²) in [6.45, 7) is 0. The maximum Gasteiger partial charge on any atom is 0.343 e. The molecule has 0 aliphatic heterocycles. The highest BCUT2D eigenvalue weighted by molar-refractivity contribution is 6.10. The molecule has 5 rings (SSSR count). The van der Waals surface area contributed by atoms with Gasteiger partial charge in [0.2, 0.25) is 0 Å². The van der Waals surface area contributed by atoms with E-state index in [1.54, 1.807) is 14.2 Å². The molecule has 3 aromatic carbocycles. The summed E-state index contributed by atoms with van der Waals surface area (Å²) in [4.78, 5) is 0. The van der Waals surface area contributed by atoms with Crippen LogP contribution in [0.25, 0.3) is 32.7 Å². The fraction of sp³-hybridized carbons (Fsp3) is 0.0714. The second kappa shape index (κ2) is 7.57. The van der Waals surface area contributed by atoms with E-state index in [0.717, 1.165) is 11.6 Å². The molecule has 2 aliphatic carbocycles. The van der Waals surface area contributed by atoms with Gasteiger partial charge in [-0.15, -0.1) is 0 Å². The quantitative estimate of drug-likeness (QED) is 0.409. The summed E-state index contributed by atoms with van der Waals surface area (Å²) < 4.78 is 10.7. The number of ketones is 2. The molecule has 144 valence electrons. The zero-order valence-corrected chi connectivity index (χ0v) is 17.1. The maximum absolute atomic E-state index is 5.37. The molecule has 30 heavy (non-hydrogen) atoms. The number of fused-ring (bicyclic) bond motifs is 2. The second-order valence-electron chi connectivity index (χ2n) is 7.30. The average Bonchev–Trinajstić information content (AvgIpc) is 2.82. The van der Waals surface area contributed by atoms with E-state index in [-0.39, 0.29) is 0 Å². The number of allylic oxidation sites excluding steroid dienone is 8. The van der Waals surface area contributed by atoms with E-state index < -0.39 is 0 Å². The molecular formula is C28H22O2+2. The minimum atomic E-state index is 0.863. The molecule has 0 N–H and O–H groups in total. The number of hydrogen-bond acceptors (Lipinski definition) is 0. The largest absolute Gasteiger partial charge is 0.343 e. The zero-order valence-electron chi connectivity index (χ0n) is 17.1. The van der Waals surface area contributed by atoms with Gasteiger partial charge in [-0.05, 0) is 67.4 Å². The summed E-state index contributed by atoms with van der Waals surface area (Å²) in [5.41, 5.74) is 2.37. The first-order valence-corrected chi connectivity index (χ1v) is 10.0. The minimum absolute atomic E-state index is 0.863. The Morgan fingerprint density at radius 1 is 0.433 bits per heavy atom. The van der Waals surface area contributed by atoms with Gasteiger partial charge in [0.15, 0.2) is 0 Å². The van der Waals surface area contributed by atoms with Crippen molar-refractivity contribution in [3.05, 3.63) is 108 Å². The fourth-order valence-electron chi connectivity index (χ4n) is 4.27. The second-order valence-corrected chi connectivity index (χ2v) is 7.30. The van der Waals surface area contributed by atoms with Crippen molar-refractivity contribution in [2.24, 2.45) is 0 Å². The van der Waals surface area contributed by atoms with Crippen molar-refractivity contribution in [2.45, 2.75) is 0 Å². The van der Waals surface area contributed by atoms with Gasteiger partial charge in [-0.2, -0.15) is 0 Å². The van der Waals surface area contributed by atoms with Crippen LogP contribution in [0, 0.1) is 0 Å². The van der Waals surface area contributed by atoms with E-state index in [1.807, 2.05) is 24.3 Å². The van der Waals surface area contributed by atoms with Crippen LogP contribution in [0.4, 0.5) is 0 Å². The van der Waals surface area contributed by atoms with Gasteiger partial charge in [0.05, 0.1) is 0 Å². The fourth-order valence-corrected chi connectivity index (χ4v) is 4.27. The van der Waals surface area contributed by atoms with Crippen molar-refractivity contribution in [2.75, 3.05) is 14.2 Å². The Hall–Kier alpha value is -3.78. The highest BCUT2D eigenvalue weighted by Gasteiger charge is 2.13. The number of hydrogen-bond donors (Lipinski definition) is 0. The van der Waals surface area contributed by atoms with E-state index in [0.29, 0.717) is 0 Å². The van der Waals surface area contributed by atoms with Gasteiger partial charge in [0.25, 0.3) is 14.2 Å². The molecule has 0 spiro atoms. The number of benzene rings is 3. The lowest BCUT2D eigenvalue weighted by Crippen LogP contribution is -2.19. The van der Waals surface area contributed by atoms with Crippen LogP contribution >= 0.6 is 0 Å². The predicted molar refractivity (Wildman–Crippen MR) is 126 cm³/mol. The van der Waals surface area contributed by atoms with Crippen molar-refractivity contribution in [1.29, 1.82) is 0 Å².